The zero-order chi connectivity index (χ0) is 19.1. The minimum Gasteiger partial charge on any atom is -0.493 e. The molecule has 142 valence electrons. The smallest absolute Gasteiger partial charge is 0.257 e. The number of rotatable bonds is 9. The van der Waals surface area contributed by atoms with Crippen LogP contribution in [0.1, 0.15) is 66.9 Å². The van der Waals surface area contributed by atoms with Crippen LogP contribution in [0.2, 0.25) is 0 Å². The fraction of sp³-hybridized carbons (Fsp3) is 0.500. The van der Waals surface area contributed by atoms with E-state index in [-0.39, 0.29) is 11.8 Å². The van der Waals surface area contributed by atoms with Crippen LogP contribution in [0.25, 0.3) is 0 Å². The van der Waals surface area contributed by atoms with Crippen molar-refractivity contribution in [2.45, 2.75) is 53.0 Å². The van der Waals surface area contributed by atoms with Crippen LogP contribution in [0.4, 0.5) is 0 Å². The summed E-state index contributed by atoms with van der Waals surface area (Å²) in [5, 5.41) is 6.84. The normalized spacial score (nSPS) is 10.8. The Morgan fingerprint density at radius 1 is 1.31 bits per heavy atom. The number of hydrogen-bond acceptors (Lipinski definition) is 5. The van der Waals surface area contributed by atoms with Crippen LogP contribution < -0.4 is 14.8 Å². The van der Waals surface area contributed by atoms with E-state index < -0.39 is 0 Å². The molecule has 1 amide bonds. The van der Waals surface area contributed by atoms with E-state index >= 15 is 0 Å². The molecule has 6 nitrogen and oxygen atoms in total. The molecule has 1 N–H and O–H groups in total. The lowest BCUT2D eigenvalue weighted by Gasteiger charge is -2.12. The van der Waals surface area contributed by atoms with Crippen molar-refractivity contribution in [2.75, 3.05) is 13.7 Å². The number of ether oxygens (including phenoxy) is 2. The summed E-state index contributed by atoms with van der Waals surface area (Å²) in [7, 11) is 1.61. The number of nitrogens with zero attached hydrogens (tertiary/aromatic N) is 1. The third kappa shape index (κ3) is 4.77. The number of amides is 1. The van der Waals surface area contributed by atoms with Gasteiger partial charge in [-0.15, -0.1) is 0 Å². The van der Waals surface area contributed by atoms with Crippen LogP contribution in [0.3, 0.4) is 0 Å². The Morgan fingerprint density at radius 3 is 2.73 bits per heavy atom. The molecule has 0 atom stereocenters. The molecule has 1 aromatic heterocycles. The number of unbranched alkanes of at least 4 members (excludes halogenated alkanes) is 1. The second-order valence-electron chi connectivity index (χ2n) is 6.53. The molecule has 1 heterocycles. The van der Waals surface area contributed by atoms with Gasteiger partial charge in [0.1, 0.15) is 5.56 Å². The predicted molar refractivity (Wildman–Crippen MR) is 99.9 cm³/mol. The first-order chi connectivity index (χ1) is 12.5. The molecule has 26 heavy (non-hydrogen) atoms. The lowest BCUT2D eigenvalue weighted by atomic mass is 10.0. The highest BCUT2D eigenvalue weighted by atomic mass is 16.5. The molecule has 6 heteroatoms. The van der Waals surface area contributed by atoms with Crippen LogP contribution >= 0.6 is 0 Å². The number of aryl methyl sites for hydroxylation is 1. The van der Waals surface area contributed by atoms with Gasteiger partial charge in [0, 0.05) is 12.5 Å². The topological polar surface area (TPSA) is 73.6 Å². The summed E-state index contributed by atoms with van der Waals surface area (Å²) in [5.41, 5.74) is 2.05. The van der Waals surface area contributed by atoms with Gasteiger partial charge < -0.3 is 19.3 Å². The SMILES string of the molecule is CCCCOc1ccc(CNC(=O)c2c(C)noc2C(C)C)cc1OC. The summed E-state index contributed by atoms with van der Waals surface area (Å²) in [6.07, 6.45) is 2.07. The first kappa shape index (κ1) is 19.8. The largest absolute Gasteiger partial charge is 0.493 e. The number of carbonyl (C=O) groups excluding carboxylic acids is 1. The van der Waals surface area contributed by atoms with Crippen LogP contribution in [-0.2, 0) is 6.54 Å². The summed E-state index contributed by atoms with van der Waals surface area (Å²) in [5.74, 6) is 1.90. The molecule has 0 saturated heterocycles. The van der Waals surface area contributed by atoms with E-state index in [4.69, 9.17) is 14.0 Å². The second kappa shape index (κ2) is 9.27. The van der Waals surface area contributed by atoms with Crippen molar-refractivity contribution in [2.24, 2.45) is 0 Å². The highest BCUT2D eigenvalue weighted by molar-refractivity contribution is 5.96. The average Bonchev–Trinajstić information content (AvgIpc) is 3.02. The lowest BCUT2D eigenvalue weighted by Crippen LogP contribution is -2.24. The highest BCUT2D eigenvalue weighted by Crippen LogP contribution is 2.28. The molecule has 0 aliphatic carbocycles. The van der Waals surface area contributed by atoms with Gasteiger partial charge in [-0.1, -0.05) is 38.4 Å². The van der Waals surface area contributed by atoms with E-state index in [2.05, 4.69) is 17.4 Å². The van der Waals surface area contributed by atoms with Gasteiger partial charge in [-0.2, -0.15) is 0 Å². The third-order valence-electron chi connectivity index (χ3n) is 4.08. The molecule has 2 rings (SSSR count). The van der Waals surface area contributed by atoms with Crippen LogP contribution in [0, 0.1) is 6.92 Å². The second-order valence-corrected chi connectivity index (χ2v) is 6.53. The minimum atomic E-state index is -0.185. The first-order valence-corrected chi connectivity index (χ1v) is 9.02. The van der Waals surface area contributed by atoms with E-state index in [9.17, 15) is 4.79 Å². The maximum atomic E-state index is 12.6. The molecule has 0 spiro atoms. The number of aromatic nitrogens is 1. The quantitative estimate of drug-likeness (QED) is 0.678. The van der Waals surface area contributed by atoms with Crippen molar-refractivity contribution in [3.8, 4) is 11.5 Å². The molecule has 0 radical (unpaired) electrons. The lowest BCUT2D eigenvalue weighted by molar-refractivity contribution is 0.0948. The summed E-state index contributed by atoms with van der Waals surface area (Å²) in [4.78, 5) is 12.6. The minimum absolute atomic E-state index is 0.0941. The molecule has 0 saturated carbocycles. The molecule has 1 aromatic carbocycles. The number of nitrogens with one attached hydrogen (secondary N) is 1. The molecule has 2 aromatic rings. The van der Waals surface area contributed by atoms with E-state index in [0.29, 0.717) is 41.7 Å². The van der Waals surface area contributed by atoms with Gasteiger partial charge in [0.2, 0.25) is 0 Å². The van der Waals surface area contributed by atoms with Crippen molar-refractivity contribution in [3.05, 3.63) is 40.8 Å². The Kier molecular flexibility index (Phi) is 7.06. The summed E-state index contributed by atoms with van der Waals surface area (Å²) >= 11 is 0. The molecule has 0 aliphatic heterocycles. The van der Waals surface area contributed by atoms with E-state index in [1.807, 2.05) is 32.0 Å². The predicted octanol–water partition coefficient (Wildman–Crippen LogP) is 4.22. The van der Waals surface area contributed by atoms with Crippen molar-refractivity contribution in [3.63, 3.8) is 0 Å². The zero-order valence-electron chi connectivity index (χ0n) is 16.2. The fourth-order valence-electron chi connectivity index (χ4n) is 2.60. The first-order valence-electron chi connectivity index (χ1n) is 9.02. The molecule has 0 unspecified atom stereocenters. The van der Waals surface area contributed by atoms with Gasteiger partial charge in [0.05, 0.1) is 19.4 Å². The maximum Gasteiger partial charge on any atom is 0.257 e. The third-order valence-corrected chi connectivity index (χ3v) is 4.08. The molecular formula is C20H28N2O4. The van der Waals surface area contributed by atoms with Crippen molar-refractivity contribution in [1.29, 1.82) is 0 Å². The van der Waals surface area contributed by atoms with Gasteiger partial charge in [0.25, 0.3) is 5.91 Å². The van der Waals surface area contributed by atoms with Crippen molar-refractivity contribution in [1.82, 2.24) is 10.5 Å². The number of hydrogen-bond donors (Lipinski definition) is 1. The molecule has 0 aliphatic rings. The summed E-state index contributed by atoms with van der Waals surface area (Å²) in [6.45, 7) is 8.88. The Balaban J connectivity index is 2.05. The summed E-state index contributed by atoms with van der Waals surface area (Å²) < 4.78 is 16.4. The average molecular weight is 360 g/mol. The zero-order valence-corrected chi connectivity index (χ0v) is 16.2. The molecular weight excluding hydrogens is 332 g/mol. The Bertz CT molecular complexity index is 737. The standard InChI is InChI=1S/C20H28N2O4/c1-6-7-10-25-16-9-8-15(11-17(16)24-5)12-21-20(23)18-14(4)22-26-19(18)13(2)3/h8-9,11,13H,6-7,10,12H2,1-5H3,(H,21,23). The Labute approximate surface area is 154 Å². The van der Waals surface area contributed by atoms with Gasteiger partial charge >= 0.3 is 0 Å². The highest BCUT2D eigenvalue weighted by Gasteiger charge is 2.22. The van der Waals surface area contributed by atoms with Crippen molar-refractivity contribution >= 4 is 5.91 Å². The van der Waals surface area contributed by atoms with Gasteiger partial charge in [-0.3, -0.25) is 4.79 Å². The number of methoxy groups -OCH3 is 1. The van der Waals surface area contributed by atoms with Crippen LogP contribution in [0.15, 0.2) is 22.7 Å². The van der Waals surface area contributed by atoms with Gasteiger partial charge in [0.15, 0.2) is 17.3 Å². The number of benzene rings is 1. The maximum absolute atomic E-state index is 12.6. The van der Waals surface area contributed by atoms with E-state index in [0.717, 1.165) is 18.4 Å². The van der Waals surface area contributed by atoms with E-state index in [1.54, 1.807) is 14.0 Å². The van der Waals surface area contributed by atoms with Crippen LogP contribution in [0.5, 0.6) is 11.5 Å². The fourth-order valence-corrected chi connectivity index (χ4v) is 2.60. The monoisotopic (exact) mass is 360 g/mol. The van der Waals surface area contributed by atoms with Crippen LogP contribution in [-0.4, -0.2) is 24.8 Å². The van der Waals surface area contributed by atoms with Gasteiger partial charge in [-0.05, 0) is 31.0 Å². The molecule has 0 bridgehead atoms. The number of carbonyl (C=O) groups is 1. The molecule has 0 fully saturated rings. The van der Waals surface area contributed by atoms with Gasteiger partial charge in [-0.25, -0.2) is 0 Å². The Hall–Kier alpha value is -2.50. The van der Waals surface area contributed by atoms with E-state index in [1.165, 1.54) is 0 Å². The van der Waals surface area contributed by atoms with Crippen molar-refractivity contribution < 1.29 is 18.8 Å². The summed E-state index contributed by atoms with van der Waals surface area (Å²) in [6, 6.07) is 5.68. The Morgan fingerprint density at radius 2 is 2.08 bits per heavy atom.